The number of likely N-dealkylation sites (tertiary alicyclic amines) is 1. The molecule has 1 aliphatic heterocycles. The monoisotopic (exact) mass is 278 g/mol. The van der Waals surface area contributed by atoms with E-state index in [-0.39, 0.29) is 0 Å². The lowest BCUT2D eigenvalue weighted by atomic mass is 10.2. The van der Waals surface area contributed by atoms with Crippen LogP contribution in [-0.2, 0) is 0 Å². The van der Waals surface area contributed by atoms with Crippen molar-refractivity contribution in [3.63, 3.8) is 0 Å². The second-order valence-corrected chi connectivity index (χ2v) is 6.96. The number of hydrogen-bond donors (Lipinski definition) is 2. The average Bonchev–Trinajstić information content (AvgIpc) is 3.33. The summed E-state index contributed by atoms with van der Waals surface area (Å²) in [6.45, 7) is 5.83. The number of hydrogen-bond acceptors (Lipinski definition) is 2. The Hall–Kier alpha value is -0.770. The molecule has 0 spiro atoms. The largest absolute Gasteiger partial charge is 0.353 e. The zero-order chi connectivity index (χ0) is 14.1. The summed E-state index contributed by atoms with van der Waals surface area (Å²) in [5.74, 6) is 1.90. The first-order valence-electron chi connectivity index (χ1n) is 8.46. The minimum atomic E-state index is 0.570. The van der Waals surface area contributed by atoms with Crippen LogP contribution in [-0.4, -0.2) is 48.6 Å². The van der Waals surface area contributed by atoms with Gasteiger partial charge in [0, 0.05) is 37.8 Å². The number of nitrogens with zero attached hydrogens (tertiary/aromatic N) is 2. The number of aliphatic imine (C=N–C) groups is 1. The van der Waals surface area contributed by atoms with Crippen LogP contribution in [0.5, 0.6) is 0 Å². The van der Waals surface area contributed by atoms with Gasteiger partial charge in [0.05, 0.1) is 0 Å². The van der Waals surface area contributed by atoms with E-state index in [0.717, 1.165) is 24.0 Å². The molecule has 1 heterocycles. The van der Waals surface area contributed by atoms with Gasteiger partial charge in [0.2, 0.25) is 0 Å². The fraction of sp³-hybridized carbons (Fsp3) is 0.938. The fourth-order valence-corrected chi connectivity index (χ4v) is 3.73. The molecule has 20 heavy (non-hydrogen) atoms. The van der Waals surface area contributed by atoms with E-state index in [1.807, 2.05) is 7.05 Å². The molecule has 3 fully saturated rings. The molecule has 0 radical (unpaired) electrons. The maximum atomic E-state index is 4.41. The predicted molar refractivity (Wildman–Crippen MR) is 84.0 cm³/mol. The topological polar surface area (TPSA) is 39.7 Å². The normalized spacial score (nSPS) is 38.0. The summed E-state index contributed by atoms with van der Waals surface area (Å²) >= 11 is 0. The van der Waals surface area contributed by atoms with E-state index < -0.39 is 0 Å². The van der Waals surface area contributed by atoms with Crippen molar-refractivity contribution in [2.75, 3.05) is 13.6 Å². The molecule has 1 saturated heterocycles. The fourth-order valence-electron chi connectivity index (χ4n) is 3.73. The van der Waals surface area contributed by atoms with E-state index in [4.69, 9.17) is 0 Å². The third-order valence-corrected chi connectivity index (χ3v) is 5.11. The minimum absolute atomic E-state index is 0.570. The SMILES string of the molecule is CCCC1CC1NC(=NC)NC1CC(C)N(C2CC2)C1. The van der Waals surface area contributed by atoms with Crippen LogP contribution in [0.3, 0.4) is 0 Å². The molecule has 0 aromatic heterocycles. The highest BCUT2D eigenvalue weighted by atomic mass is 15.3. The maximum absolute atomic E-state index is 4.41. The molecule has 114 valence electrons. The molecular formula is C16H30N4. The Morgan fingerprint density at radius 2 is 2.05 bits per heavy atom. The highest BCUT2D eigenvalue weighted by molar-refractivity contribution is 5.80. The van der Waals surface area contributed by atoms with Gasteiger partial charge in [0.15, 0.2) is 5.96 Å². The molecule has 3 rings (SSSR count). The van der Waals surface area contributed by atoms with Gasteiger partial charge < -0.3 is 10.6 Å². The molecule has 4 nitrogen and oxygen atoms in total. The second kappa shape index (κ2) is 5.92. The Kier molecular flexibility index (Phi) is 4.20. The van der Waals surface area contributed by atoms with Gasteiger partial charge in [-0.1, -0.05) is 13.3 Å². The smallest absolute Gasteiger partial charge is 0.191 e. The highest BCUT2D eigenvalue weighted by Gasteiger charge is 2.40. The van der Waals surface area contributed by atoms with Crippen LogP contribution < -0.4 is 10.6 Å². The Morgan fingerprint density at radius 1 is 1.25 bits per heavy atom. The summed E-state index contributed by atoms with van der Waals surface area (Å²) in [5.41, 5.74) is 0. The van der Waals surface area contributed by atoms with E-state index >= 15 is 0 Å². The third-order valence-electron chi connectivity index (χ3n) is 5.11. The summed E-state index contributed by atoms with van der Waals surface area (Å²) in [6.07, 6.45) is 8.04. The minimum Gasteiger partial charge on any atom is -0.353 e. The van der Waals surface area contributed by atoms with Crippen molar-refractivity contribution >= 4 is 5.96 Å². The first kappa shape index (κ1) is 14.2. The maximum Gasteiger partial charge on any atom is 0.191 e. The number of rotatable bonds is 5. The van der Waals surface area contributed by atoms with Crippen molar-refractivity contribution < 1.29 is 0 Å². The van der Waals surface area contributed by atoms with Gasteiger partial charge >= 0.3 is 0 Å². The summed E-state index contributed by atoms with van der Waals surface area (Å²) in [7, 11) is 1.89. The summed E-state index contributed by atoms with van der Waals surface area (Å²) in [4.78, 5) is 7.10. The lowest BCUT2D eigenvalue weighted by Gasteiger charge is -2.20. The molecule has 3 aliphatic rings. The van der Waals surface area contributed by atoms with Crippen molar-refractivity contribution in [2.45, 2.75) is 76.5 Å². The lowest BCUT2D eigenvalue weighted by Crippen LogP contribution is -2.45. The Bertz CT molecular complexity index is 363. The van der Waals surface area contributed by atoms with E-state index in [9.17, 15) is 0 Å². The van der Waals surface area contributed by atoms with Crippen LogP contribution in [0.1, 0.15) is 52.4 Å². The summed E-state index contributed by atoms with van der Waals surface area (Å²) in [6, 6.07) is 2.84. The van der Waals surface area contributed by atoms with Crippen molar-refractivity contribution in [2.24, 2.45) is 10.9 Å². The van der Waals surface area contributed by atoms with E-state index in [0.29, 0.717) is 12.1 Å². The van der Waals surface area contributed by atoms with Gasteiger partial charge in [-0.05, 0) is 44.9 Å². The highest BCUT2D eigenvalue weighted by Crippen LogP contribution is 2.35. The van der Waals surface area contributed by atoms with Crippen LogP contribution in [0.15, 0.2) is 4.99 Å². The van der Waals surface area contributed by atoms with E-state index in [1.54, 1.807) is 0 Å². The standard InChI is InChI=1S/C16H30N4/c1-4-5-12-9-15(12)19-16(17-3)18-13-8-11(2)20(10-13)14-6-7-14/h11-15H,4-10H2,1-3H3,(H2,17,18,19). The Labute approximate surface area is 123 Å². The molecule has 4 heteroatoms. The summed E-state index contributed by atoms with van der Waals surface area (Å²) in [5, 5.41) is 7.24. The van der Waals surface area contributed by atoms with Crippen LogP contribution in [0.2, 0.25) is 0 Å². The quantitative estimate of drug-likeness (QED) is 0.596. The van der Waals surface area contributed by atoms with Gasteiger partial charge in [0.1, 0.15) is 0 Å². The van der Waals surface area contributed by atoms with Gasteiger partial charge in [-0.15, -0.1) is 0 Å². The van der Waals surface area contributed by atoms with Gasteiger partial charge in [-0.2, -0.15) is 0 Å². The van der Waals surface area contributed by atoms with E-state index in [2.05, 4.69) is 34.4 Å². The van der Waals surface area contributed by atoms with Gasteiger partial charge in [-0.25, -0.2) is 0 Å². The molecule has 4 unspecified atom stereocenters. The van der Waals surface area contributed by atoms with Gasteiger partial charge in [-0.3, -0.25) is 9.89 Å². The summed E-state index contributed by atoms with van der Waals surface area (Å²) < 4.78 is 0. The molecule has 4 atom stereocenters. The molecular weight excluding hydrogens is 248 g/mol. The van der Waals surface area contributed by atoms with Crippen molar-refractivity contribution in [1.29, 1.82) is 0 Å². The number of nitrogens with one attached hydrogen (secondary N) is 2. The first-order chi connectivity index (χ1) is 9.71. The van der Waals surface area contributed by atoms with Crippen LogP contribution in [0.4, 0.5) is 0 Å². The molecule has 2 saturated carbocycles. The van der Waals surface area contributed by atoms with Crippen LogP contribution in [0, 0.1) is 5.92 Å². The molecule has 2 N–H and O–H groups in total. The third kappa shape index (κ3) is 3.27. The van der Waals surface area contributed by atoms with Gasteiger partial charge in [0.25, 0.3) is 0 Å². The van der Waals surface area contributed by atoms with Crippen molar-refractivity contribution in [3.8, 4) is 0 Å². The second-order valence-electron chi connectivity index (χ2n) is 6.96. The zero-order valence-corrected chi connectivity index (χ0v) is 13.2. The molecule has 0 aromatic rings. The van der Waals surface area contributed by atoms with Crippen LogP contribution >= 0.6 is 0 Å². The zero-order valence-electron chi connectivity index (χ0n) is 13.2. The number of guanidine groups is 1. The average molecular weight is 278 g/mol. The van der Waals surface area contributed by atoms with Crippen molar-refractivity contribution in [3.05, 3.63) is 0 Å². The Balaban J connectivity index is 1.44. The predicted octanol–water partition coefficient (Wildman–Crippen LogP) is 1.97. The Morgan fingerprint density at radius 3 is 2.70 bits per heavy atom. The first-order valence-corrected chi connectivity index (χ1v) is 8.46. The van der Waals surface area contributed by atoms with Crippen molar-refractivity contribution in [1.82, 2.24) is 15.5 Å². The molecule has 0 aromatic carbocycles. The molecule has 2 aliphatic carbocycles. The molecule has 0 amide bonds. The van der Waals surface area contributed by atoms with E-state index in [1.165, 1.54) is 45.1 Å². The van der Waals surface area contributed by atoms with Crippen LogP contribution in [0.25, 0.3) is 0 Å². The lowest BCUT2D eigenvalue weighted by molar-refractivity contribution is 0.256. The molecule has 0 bridgehead atoms.